The van der Waals surface area contributed by atoms with Gasteiger partial charge in [0.1, 0.15) is 5.75 Å². The smallest absolute Gasteiger partial charge is 0.241 e. The number of hydrogen-bond acceptors (Lipinski definition) is 6. The number of ether oxygens (including phenoxy) is 1. The molecule has 1 aliphatic heterocycles. The highest BCUT2D eigenvalue weighted by Crippen LogP contribution is 2.33. The molecule has 7 nitrogen and oxygen atoms in total. The molecule has 33 heavy (non-hydrogen) atoms. The molecule has 3 N–H and O–H groups in total. The first-order valence-electron chi connectivity index (χ1n) is 11.1. The van der Waals surface area contributed by atoms with E-state index in [2.05, 4.69) is 52.0 Å². The number of anilines is 1. The molecular formula is C25H31N5O2S. The third kappa shape index (κ3) is 5.58. The SMILES string of the molecule is COc1ccc2c(c1)C[C@@H](C(=O)Nc1ccc(-c3c[nH]nc3C)cc1SCCN(C)C)NC2. The lowest BCUT2D eigenvalue weighted by Gasteiger charge is -2.26. The Morgan fingerprint density at radius 2 is 2.09 bits per heavy atom. The van der Waals surface area contributed by atoms with Crippen LogP contribution in [0.5, 0.6) is 5.75 Å². The second-order valence-corrected chi connectivity index (χ2v) is 9.65. The number of amides is 1. The molecule has 1 atom stereocenters. The van der Waals surface area contributed by atoms with Crippen molar-refractivity contribution in [1.82, 2.24) is 20.4 Å². The molecule has 0 aliphatic carbocycles. The van der Waals surface area contributed by atoms with Crippen LogP contribution in [-0.4, -0.2) is 60.5 Å². The highest BCUT2D eigenvalue weighted by molar-refractivity contribution is 7.99. The standard InChI is InChI=1S/C25H31N5O2S/c1-16-21(15-27-29-16)17-6-8-22(24(13-17)33-10-9-30(2)3)28-25(31)23-12-19-11-20(32-4)7-5-18(19)14-26-23/h5-8,11,13,15,23,26H,9-10,12,14H2,1-4H3,(H,27,29)(H,28,31)/t23-/m0/s1. The van der Waals surface area contributed by atoms with Gasteiger partial charge in [-0.15, -0.1) is 11.8 Å². The Balaban J connectivity index is 1.53. The highest BCUT2D eigenvalue weighted by atomic mass is 32.2. The third-order valence-electron chi connectivity index (χ3n) is 5.87. The van der Waals surface area contributed by atoms with Crippen molar-refractivity contribution >= 4 is 23.4 Å². The number of aryl methyl sites for hydroxylation is 1. The van der Waals surface area contributed by atoms with E-state index in [4.69, 9.17) is 4.74 Å². The molecule has 0 spiro atoms. The molecule has 0 bridgehead atoms. The minimum atomic E-state index is -0.292. The van der Waals surface area contributed by atoms with Gasteiger partial charge in [0, 0.05) is 35.5 Å². The fraction of sp³-hybridized carbons (Fsp3) is 0.360. The summed E-state index contributed by atoms with van der Waals surface area (Å²) in [7, 11) is 5.79. The van der Waals surface area contributed by atoms with Gasteiger partial charge >= 0.3 is 0 Å². The van der Waals surface area contributed by atoms with Crippen molar-refractivity contribution in [2.45, 2.75) is 30.8 Å². The molecule has 3 aromatic rings. The molecule has 1 aromatic heterocycles. The van der Waals surface area contributed by atoms with Crippen molar-refractivity contribution in [2.24, 2.45) is 0 Å². The van der Waals surface area contributed by atoms with E-state index < -0.39 is 0 Å². The molecular weight excluding hydrogens is 434 g/mol. The van der Waals surface area contributed by atoms with Crippen LogP contribution in [0.15, 0.2) is 47.5 Å². The van der Waals surface area contributed by atoms with Crippen molar-refractivity contribution < 1.29 is 9.53 Å². The van der Waals surface area contributed by atoms with Crippen LogP contribution in [0.2, 0.25) is 0 Å². The lowest BCUT2D eigenvalue weighted by molar-refractivity contribution is -0.118. The van der Waals surface area contributed by atoms with Gasteiger partial charge < -0.3 is 20.3 Å². The Morgan fingerprint density at radius 3 is 2.82 bits per heavy atom. The fourth-order valence-corrected chi connectivity index (χ4v) is 5.08. The number of nitrogens with zero attached hydrogens (tertiary/aromatic N) is 2. The maximum atomic E-state index is 13.2. The highest BCUT2D eigenvalue weighted by Gasteiger charge is 2.25. The Bertz CT molecular complexity index is 1130. The lowest BCUT2D eigenvalue weighted by Crippen LogP contribution is -2.44. The summed E-state index contributed by atoms with van der Waals surface area (Å²) in [6.07, 6.45) is 2.54. The van der Waals surface area contributed by atoms with Gasteiger partial charge in [-0.3, -0.25) is 9.89 Å². The van der Waals surface area contributed by atoms with Crippen molar-refractivity contribution in [2.75, 3.05) is 38.8 Å². The van der Waals surface area contributed by atoms with E-state index in [1.54, 1.807) is 18.9 Å². The number of H-pyrrole nitrogens is 1. The first-order chi connectivity index (χ1) is 15.9. The van der Waals surface area contributed by atoms with E-state index >= 15 is 0 Å². The molecule has 8 heteroatoms. The molecule has 0 fully saturated rings. The maximum Gasteiger partial charge on any atom is 0.241 e. The molecule has 1 amide bonds. The number of rotatable bonds is 8. The quantitative estimate of drug-likeness (QED) is 0.440. The molecule has 2 heterocycles. The van der Waals surface area contributed by atoms with Crippen LogP contribution in [0.25, 0.3) is 11.1 Å². The van der Waals surface area contributed by atoms with Gasteiger partial charge in [0.2, 0.25) is 5.91 Å². The van der Waals surface area contributed by atoms with E-state index in [9.17, 15) is 4.79 Å². The summed E-state index contributed by atoms with van der Waals surface area (Å²) in [5, 5.41) is 13.7. The number of thioether (sulfide) groups is 1. The summed E-state index contributed by atoms with van der Waals surface area (Å²) in [6.45, 7) is 3.61. The van der Waals surface area contributed by atoms with E-state index in [0.717, 1.165) is 51.0 Å². The minimum absolute atomic E-state index is 0.0230. The number of fused-ring (bicyclic) bond motifs is 1. The molecule has 0 unspecified atom stereocenters. The predicted molar refractivity (Wildman–Crippen MR) is 134 cm³/mol. The molecule has 0 saturated carbocycles. The predicted octanol–water partition coefficient (Wildman–Crippen LogP) is 3.70. The lowest BCUT2D eigenvalue weighted by atomic mass is 9.95. The average Bonchev–Trinajstić information content (AvgIpc) is 3.24. The Hall–Kier alpha value is -2.81. The van der Waals surface area contributed by atoms with Gasteiger partial charge in [0.25, 0.3) is 0 Å². The summed E-state index contributed by atoms with van der Waals surface area (Å²) in [4.78, 5) is 16.4. The Kier molecular flexibility index (Phi) is 7.37. The monoisotopic (exact) mass is 465 g/mol. The van der Waals surface area contributed by atoms with E-state index in [0.29, 0.717) is 13.0 Å². The number of aromatic nitrogens is 2. The average molecular weight is 466 g/mol. The van der Waals surface area contributed by atoms with Crippen LogP contribution in [0.3, 0.4) is 0 Å². The van der Waals surface area contributed by atoms with Crippen LogP contribution >= 0.6 is 11.8 Å². The van der Waals surface area contributed by atoms with E-state index in [1.165, 1.54) is 5.56 Å². The second-order valence-electron chi connectivity index (χ2n) is 8.51. The fourth-order valence-electron chi connectivity index (χ4n) is 3.92. The zero-order valence-electron chi connectivity index (χ0n) is 19.6. The Morgan fingerprint density at radius 1 is 1.24 bits per heavy atom. The topological polar surface area (TPSA) is 82.3 Å². The zero-order chi connectivity index (χ0) is 23.4. The van der Waals surface area contributed by atoms with Crippen LogP contribution in [0, 0.1) is 6.92 Å². The zero-order valence-corrected chi connectivity index (χ0v) is 20.4. The molecule has 0 radical (unpaired) electrons. The normalized spacial score (nSPS) is 15.4. The molecule has 1 aliphatic rings. The maximum absolute atomic E-state index is 13.2. The Labute approximate surface area is 199 Å². The number of benzene rings is 2. The summed E-state index contributed by atoms with van der Waals surface area (Å²) in [5.74, 6) is 1.73. The summed E-state index contributed by atoms with van der Waals surface area (Å²) in [5.41, 5.74) is 6.31. The number of methoxy groups -OCH3 is 1. The van der Waals surface area contributed by atoms with Gasteiger partial charge in [0.15, 0.2) is 0 Å². The number of aromatic amines is 1. The molecule has 2 aromatic carbocycles. The van der Waals surface area contributed by atoms with E-state index in [-0.39, 0.29) is 11.9 Å². The molecule has 174 valence electrons. The largest absolute Gasteiger partial charge is 0.497 e. The van der Waals surface area contributed by atoms with E-state index in [1.807, 2.05) is 37.4 Å². The third-order valence-corrected chi connectivity index (χ3v) is 6.91. The first kappa shape index (κ1) is 23.4. The number of carbonyl (C=O) groups excluding carboxylic acids is 1. The van der Waals surface area contributed by atoms with Crippen LogP contribution < -0.4 is 15.4 Å². The summed E-state index contributed by atoms with van der Waals surface area (Å²) in [6, 6.07) is 11.9. The number of nitrogens with one attached hydrogen (secondary N) is 3. The summed E-state index contributed by atoms with van der Waals surface area (Å²) >= 11 is 1.75. The van der Waals surface area contributed by atoms with Gasteiger partial charge in [-0.2, -0.15) is 5.10 Å². The molecule has 4 rings (SSSR count). The number of carbonyl (C=O) groups is 1. The van der Waals surface area contributed by atoms with Crippen LogP contribution in [0.4, 0.5) is 5.69 Å². The van der Waals surface area contributed by atoms with Gasteiger partial charge in [-0.25, -0.2) is 0 Å². The van der Waals surface area contributed by atoms with Crippen molar-refractivity contribution in [3.8, 4) is 16.9 Å². The van der Waals surface area contributed by atoms with Gasteiger partial charge in [-0.05, 0) is 68.4 Å². The van der Waals surface area contributed by atoms with Crippen LogP contribution in [0.1, 0.15) is 16.8 Å². The van der Waals surface area contributed by atoms with Crippen LogP contribution in [-0.2, 0) is 17.8 Å². The van der Waals surface area contributed by atoms with Gasteiger partial charge in [0.05, 0.1) is 24.5 Å². The van der Waals surface area contributed by atoms with Crippen molar-refractivity contribution in [3.63, 3.8) is 0 Å². The first-order valence-corrected chi connectivity index (χ1v) is 12.1. The van der Waals surface area contributed by atoms with Crippen molar-refractivity contribution in [1.29, 1.82) is 0 Å². The number of hydrogen-bond donors (Lipinski definition) is 3. The molecule has 0 saturated heterocycles. The van der Waals surface area contributed by atoms with Gasteiger partial charge in [-0.1, -0.05) is 12.1 Å². The minimum Gasteiger partial charge on any atom is -0.497 e. The second kappa shape index (κ2) is 10.4. The summed E-state index contributed by atoms with van der Waals surface area (Å²) < 4.78 is 5.36. The van der Waals surface area contributed by atoms with Crippen molar-refractivity contribution in [3.05, 3.63) is 59.4 Å².